The van der Waals surface area contributed by atoms with Crippen LogP contribution in [-0.4, -0.2) is 60.1 Å². The lowest BCUT2D eigenvalue weighted by molar-refractivity contribution is -0.132. The molecule has 0 bridgehead atoms. The van der Waals surface area contributed by atoms with Crippen LogP contribution in [0.3, 0.4) is 0 Å². The van der Waals surface area contributed by atoms with Gasteiger partial charge in [0.2, 0.25) is 5.91 Å². The Labute approximate surface area is 222 Å². The fourth-order valence-electron chi connectivity index (χ4n) is 4.18. The van der Waals surface area contributed by atoms with Gasteiger partial charge in [-0.1, -0.05) is 66.2 Å². The number of carbonyl (C=O) groups excluding carboxylic acids is 2. The van der Waals surface area contributed by atoms with E-state index in [-0.39, 0.29) is 25.0 Å². The normalized spacial score (nSPS) is 10.9. The quantitative estimate of drug-likeness (QED) is 0.272. The minimum Gasteiger partial charge on any atom is -0.383 e. The van der Waals surface area contributed by atoms with Gasteiger partial charge in [-0.3, -0.25) is 4.79 Å². The first kappa shape index (κ1) is 26.3. The number of fused-ring (bicyclic) bond motifs is 1. The lowest BCUT2D eigenvalue weighted by Gasteiger charge is -2.28. The predicted molar refractivity (Wildman–Crippen MR) is 148 cm³/mol. The SMILES string of the molecule is COCCN(CC(=O)N(CCc1c[nH]c2ccccc12)Cc1ccccc1)C(=O)Nc1cccc(Cl)c1. The lowest BCUT2D eigenvalue weighted by Crippen LogP contribution is -2.46. The number of H-pyrrole nitrogens is 1. The molecule has 37 heavy (non-hydrogen) atoms. The Morgan fingerprint density at radius 1 is 0.946 bits per heavy atom. The zero-order valence-corrected chi connectivity index (χ0v) is 21.6. The van der Waals surface area contributed by atoms with Crippen molar-refractivity contribution in [3.05, 3.63) is 101 Å². The average Bonchev–Trinajstić information content (AvgIpc) is 3.32. The maximum atomic E-state index is 13.6. The molecule has 0 radical (unpaired) electrons. The number of hydrogen-bond donors (Lipinski definition) is 2. The monoisotopic (exact) mass is 518 g/mol. The molecule has 0 saturated heterocycles. The van der Waals surface area contributed by atoms with Gasteiger partial charge in [0.15, 0.2) is 0 Å². The van der Waals surface area contributed by atoms with Crippen LogP contribution < -0.4 is 5.32 Å². The van der Waals surface area contributed by atoms with Crippen LogP contribution >= 0.6 is 11.6 Å². The van der Waals surface area contributed by atoms with Gasteiger partial charge in [0.25, 0.3) is 0 Å². The van der Waals surface area contributed by atoms with Gasteiger partial charge in [-0.25, -0.2) is 4.79 Å². The van der Waals surface area contributed by atoms with E-state index in [1.807, 2.05) is 59.6 Å². The van der Waals surface area contributed by atoms with Crippen molar-refractivity contribution >= 4 is 40.1 Å². The van der Waals surface area contributed by atoms with Gasteiger partial charge in [0, 0.05) is 54.6 Å². The predicted octanol–water partition coefficient (Wildman–Crippen LogP) is 5.57. The van der Waals surface area contributed by atoms with E-state index in [9.17, 15) is 9.59 Å². The number of aromatic amines is 1. The van der Waals surface area contributed by atoms with Crippen LogP contribution in [0.5, 0.6) is 0 Å². The molecule has 1 aromatic heterocycles. The number of halogens is 1. The van der Waals surface area contributed by atoms with E-state index in [1.54, 1.807) is 31.4 Å². The molecule has 7 nitrogen and oxygen atoms in total. The minimum atomic E-state index is -0.385. The van der Waals surface area contributed by atoms with E-state index < -0.39 is 0 Å². The summed E-state index contributed by atoms with van der Waals surface area (Å²) in [5.41, 5.74) is 3.81. The summed E-state index contributed by atoms with van der Waals surface area (Å²) in [6.07, 6.45) is 2.69. The first-order chi connectivity index (χ1) is 18.0. The summed E-state index contributed by atoms with van der Waals surface area (Å²) >= 11 is 6.06. The molecule has 2 N–H and O–H groups in total. The number of benzene rings is 3. The van der Waals surface area contributed by atoms with Crippen molar-refractivity contribution in [2.24, 2.45) is 0 Å². The molecule has 3 aromatic carbocycles. The number of aromatic nitrogens is 1. The summed E-state index contributed by atoms with van der Waals surface area (Å²) in [6.45, 7) is 1.48. The van der Waals surface area contributed by atoms with Gasteiger partial charge >= 0.3 is 6.03 Å². The number of nitrogens with one attached hydrogen (secondary N) is 2. The lowest BCUT2D eigenvalue weighted by atomic mass is 10.1. The molecule has 0 fully saturated rings. The van der Waals surface area contributed by atoms with Crippen molar-refractivity contribution in [2.45, 2.75) is 13.0 Å². The van der Waals surface area contributed by atoms with E-state index >= 15 is 0 Å². The van der Waals surface area contributed by atoms with Gasteiger partial charge in [0.1, 0.15) is 6.54 Å². The molecule has 4 aromatic rings. The molecule has 0 saturated carbocycles. The third-order valence-electron chi connectivity index (χ3n) is 6.15. The second-order valence-corrected chi connectivity index (χ2v) is 9.20. The summed E-state index contributed by atoms with van der Waals surface area (Å²) in [5, 5.41) is 4.50. The largest absolute Gasteiger partial charge is 0.383 e. The molecule has 3 amide bonds. The Hall–Kier alpha value is -3.81. The van der Waals surface area contributed by atoms with Crippen LogP contribution in [0, 0.1) is 0 Å². The standard InChI is InChI=1S/C29H31ClN4O3/c1-37-17-16-34(29(36)32-25-11-7-10-24(30)18-25)21-28(35)33(20-22-8-3-2-4-9-22)15-14-23-19-31-27-13-6-5-12-26(23)27/h2-13,18-19,31H,14-17,20-21H2,1H3,(H,32,36). The number of ether oxygens (including phenoxy) is 1. The number of nitrogens with zero attached hydrogens (tertiary/aromatic N) is 2. The molecule has 192 valence electrons. The van der Waals surface area contributed by atoms with Crippen molar-refractivity contribution in [2.75, 3.05) is 38.7 Å². The van der Waals surface area contributed by atoms with Crippen molar-refractivity contribution in [3.63, 3.8) is 0 Å². The van der Waals surface area contributed by atoms with Gasteiger partial charge < -0.3 is 24.8 Å². The Balaban J connectivity index is 1.49. The highest BCUT2D eigenvalue weighted by molar-refractivity contribution is 6.30. The molecule has 0 spiro atoms. The van der Waals surface area contributed by atoms with E-state index in [2.05, 4.69) is 16.4 Å². The molecule has 4 rings (SSSR count). The number of anilines is 1. The third kappa shape index (κ3) is 7.35. The molecule has 0 atom stereocenters. The van der Waals surface area contributed by atoms with Crippen LogP contribution in [0.15, 0.2) is 85.1 Å². The van der Waals surface area contributed by atoms with Crippen molar-refractivity contribution in [1.82, 2.24) is 14.8 Å². The van der Waals surface area contributed by atoms with Crippen molar-refractivity contribution in [1.29, 1.82) is 0 Å². The Morgan fingerprint density at radius 2 is 1.73 bits per heavy atom. The molecule has 1 heterocycles. The fraction of sp³-hybridized carbons (Fsp3) is 0.241. The van der Waals surface area contributed by atoms with Crippen molar-refractivity contribution in [3.8, 4) is 0 Å². The van der Waals surface area contributed by atoms with E-state index in [0.717, 1.165) is 22.0 Å². The average molecular weight is 519 g/mol. The minimum absolute atomic E-state index is 0.0729. The van der Waals surface area contributed by atoms with Crippen LogP contribution in [0.25, 0.3) is 10.9 Å². The van der Waals surface area contributed by atoms with Gasteiger partial charge in [-0.2, -0.15) is 0 Å². The number of amides is 3. The van der Waals surface area contributed by atoms with Crippen LogP contribution in [0.2, 0.25) is 5.02 Å². The fourth-order valence-corrected chi connectivity index (χ4v) is 4.37. The number of methoxy groups -OCH3 is 1. The third-order valence-corrected chi connectivity index (χ3v) is 6.38. The summed E-state index contributed by atoms with van der Waals surface area (Å²) in [7, 11) is 1.57. The summed E-state index contributed by atoms with van der Waals surface area (Å²) < 4.78 is 5.20. The zero-order chi connectivity index (χ0) is 26.0. The Kier molecular flexibility index (Phi) is 9.18. The summed E-state index contributed by atoms with van der Waals surface area (Å²) in [4.78, 5) is 33.2. The summed E-state index contributed by atoms with van der Waals surface area (Å²) in [6, 6.07) is 24.5. The molecule has 8 heteroatoms. The first-order valence-corrected chi connectivity index (χ1v) is 12.6. The smallest absolute Gasteiger partial charge is 0.322 e. The molecular weight excluding hydrogens is 488 g/mol. The molecule has 0 aliphatic carbocycles. The summed E-state index contributed by atoms with van der Waals surface area (Å²) in [5.74, 6) is -0.138. The number of urea groups is 1. The molecular formula is C29H31ClN4O3. The maximum absolute atomic E-state index is 13.6. The topological polar surface area (TPSA) is 77.7 Å². The highest BCUT2D eigenvalue weighted by Gasteiger charge is 2.22. The Bertz CT molecular complexity index is 1330. The second kappa shape index (κ2) is 12.9. The number of carbonyl (C=O) groups is 2. The maximum Gasteiger partial charge on any atom is 0.322 e. The van der Waals surface area contributed by atoms with E-state index in [1.165, 1.54) is 4.90 Å². The number of rotatable bonds is 11. The van der Waals surface area contributed by atoms with Gasteiger partial charge in [0.05, 0.1) is 6.61 Å². The second-order valence-electron chi connectivity index (χ2n) is 8.77. The van der Waals surface area contributed by atoms with Crippen molar-refractivity contribution < 1.29 is 14.3 Å². The number of para-hydroxylation sites is 1. The van der Waals surface area contributed by atoms with Crippen LogP contribution in [0.4, 0.5) is 10.5 Å². The van der Waals surface area contributed by atoms with Gasteiger partial charge in [-0.15, -0.1) is 0 Å². The molecule has 0 aliphatic heterocycles. The number of hydrogen-bond acceptors (Lipinski definition) is 3. The van der Waals surface area contributed by atoms with E-state index in [4.69, 9.17) is 16.3 Å². The zero-order valence-electron chi connectivity index (χ0n) is 20.8. The first-order valence-electron chi connectivity index (χ1n) is 12.2. The van der Waals surface area contributed by atoms with Gasteiger partial charge in [-0.05, 0) is 41.8 Å². The molecule has 0 unspecified atom stereocenters. The molecule has 0 aliphatic rings. The van der Waals surface area contributed by atoms with Crippen LogP contribution in [0.1, 0.15) is 11.1 Å². The van der Waals surface area contributed by atoms with Crippen LogP contribution in [-0.2, 0) is 22.5 Å². The highest BCUT2D eigenvalue weighted by Crippen LogP contribution is 2.19. The Morgan fingerprint density at radius 3 is 2.51 bits per heavy atom. The highest BCUT2D eigenvalue weighted by atomic mass is 35.5. The van der Waals surface area contributed by atoms with E-state index in [0.29, 0.717) is 36.8 Å².